The molecule has 0 bridgehead atoms. The summed E-state index contributed by atoms with van der Waals surface area (Å²) in [4.78, 5) is 3.86. The van der Waals surface area contributed by atoms with Gasteiger partial charge in [0.15, 0.2) is 5.82 Å². The zero-order valence-corrected chi connectivity index (χ0v) is 11.0. The van der Waals surface area contributed by atoms with Gasteiger partial charge in [-0.3, -0.25) is 0 Å². The van der Waals surface area contributed by atoms with E-state index in [1.165, 1.54) is 12.3 Å². The molecular weight excluding hydrogens is 334 g/mol. The van der Waals surface area contributed by atoms with Crippen molar-refractivity contribution in [3.63, 3.8) is 0 Å². The van der Waals surface area contributed by atoms with Crippen LogP contribution in [-0.4, -0.2) is 4.98 Å². The Morgan fingerprint density at radius 1 is 1.35 bits per heavy atom. The van der Waals surface area contributed by atoms with Crippen LogP contribution in [0.1, 0.15) is 5.56 Å². The van der Waals surface area contributed by atoms with Crippen LogP contribution >= 0.6 is 22.6 Å². The highest BCUT2D eigenvalue weighted by Gasteiger charge is 2.10. The van der Waals surface area contributed by atoms with E-state index in [2.05, 4.69) is 27.6 Å². The van der Waals surface area contributed by atoms with E-state index in [1.807, 2.05) is 12.1 Å². The fraction of sp³-hybridized carbons (Fsp3) is 0.0833. The molecule has 0 aliphatic carbocycles. The lowest BCUT2D eigenvalue weighted by molar-refractivity contribution is 0.419. The van der Waals surface area contributed by atoms with Crippen LogP contribution in [0.25, 0.3) is 0 Å². The minimum absolute atomic E-state index is 0.0463. The molecule has 2 aromatic rings. The summed E-state index contributed by atoms with van der Waals surface area (Å²) in [6.45, 7) is 0.122. The third-order valence-corrected chi connectivity index (χ3v) is 2.84. The van der Waals surface area contributed by atoms with Gasteiger partial charge in [0.2, 0.25) is 0 Å². The first-order chi connectivity index (χ1) is 8.20. The molecule has 0 fully saturated rings. The quantitative estimate of drug-likeness (QED) is 0.871. The molecule has 1 aromatic heterocycles. The van der Waals surface area contributed by atoms with E-state index in [0.717, 1.165) is 3.57 Å². The number of rotatable bonds is 3. The van der Waals surface area contributed by atoms with E-state index in [-0.39, 0.29) is 12.4 Å². The van der Waals surface area contributed by atoms with Gasteiger partial charge < -0.3 is 10.5 Å². The van der Waals surface area contributed by atoms with Crippen LogP contribution in [-0.2, 0) is 6.54 Å². The molecule has 2 N–H and O–H groups in total. The molecule has 3 nitrogen and oxygen atoms in total. The van der Waals surface area contributed by atoms with Gasteiger partial charge in [-0.15, -0.1) is 0 Å². The number of benzene rings is 1. The Morgan fingerprint density at radius 3 is 2.88 bits per heavy atom. The minimum Gasteiger partial charge on any atom is -0.436 e. The Kier molecular flexibility index (Phi) is 3.90. The molecule has 0 spiro atoms. The summed E-state index contributed by atoms with van der Waals surface area (Å²) in [5.74, 6) is 0.00119. The van der Waals surface area contributed by atoms with Gasteiger partial charge in [0.05, 0.1) is 0 Å². The number of nitrogens with zero attached hydrogens (tertiary/aromatic N) is 1. The predicted molar refractivity (Wildman–Crippen MR) is 71.3 cm³/mol. The lowest BCUT2D eigenvalue weighted by Crippen LogP contribution is -2.02. The maximum Gasteiger partial charge on any atom is 0.256 e. The SMILES string of the molecule is NCc1ccnc(Oc2cccc(I)c2)c1F. The van der Waals surface area contributed by atoms with Crippen LogP contribution in [0.2, 0.25) is 0 Å². The van der Waals surface area contributed by atoms with Crippen LogP contribution in [0.4, 0.5) is 4.39 Å². The normalized spacial score (nSPS) is 10.3. The molecule has 0 radical (unpaired) electrons. The number of aromatic nitrogens is 1. The van der Waals surface area contributed by atoms with Crippen molar-refractivity contribution in [1.82, 2.24) is 4.98 Å². The zero-order chi connectivity index (χ0) is 12.3. The van der Waals surface area contributed by atoms with Gasteiger partial charge in [0.25, 0.3) is 5.88 Å². The third kappa shape index (κ3) is 2.92. The van der Waals surface area contributed by atoms with Crippen molar-refractivity contribution in [2.24, 2.45) is 5.73 Å². The van der Waals surface area contributed by atoms with Gasteiger partial charge in [0, 0.05) is 21.9 Å². The van der Waals surface area contributed by atoms with Gasteiger partial charge in [-0.25, -0.2) is 9.37 Å². The van der Waals surface area contributed by atoms with E-state index < -0.39 is 5.82 Å². The van der Waals surface area contributed by atoms with Crippen molar-refractivity contribution >= 4 is 22.6 Å². The van der Waals surface area contributed by atoms with E-state index in [9.17, 15) is 4.39 Å². The first-order valence-corrected chi connectivity index (χ1v) is 6.05. The van der Waals surface area contributed by atoms with Gasteiger partial charge in [-0.1, -0.05) is 6.07 Å². The van der Waals surface area contributed by atoms with Crippen molar-refractivity contribution in [1.29, 1.82) is 0 Å². The molecular formula is C12H10FIN2O. The lowest BCUT2D eigenvalue weighted by atomic mass is 10.2. The molecule has 0 aliphatic rings. The number of nitrogens with two attached hydrogens (primary N) is 1. The Labute approximate surface area is 112 Å². The number of hydrogen-bond donors (Lipinski definition) is 1. The monoisotopic (exact) mass is 344 g/mol. The first-order valence-electron chi connectivity index (χ1n) is 4.97. The summed E-state index contributed by atoms with van der Waals surface area (Å²) >= 11 is 2.16. The molecule has 0 amide bonds. The first kappa shape index (κ1) is 12.3. The maximum absolute atomic E-state index is 13.8. The largest absolute Gasteiger partial charge is 0.436 e. The zero-order valence-electron chi connectivity index (χ0n) is 8.86. The standard InChI is InChI=1S/C12H10FIN2O/c13-11-8(7-15)4-5-16-12(11)17-10-3-1-2-9(14)6-10/h1-6H,7,15H2. The van der Waals surface area contributed by atoms with Crippen LogP contribution in [0.3, 0.4) is 0 Å². The summed E-state index contributed by atoms with van der Waals surface area (Å²) < 4.78 is 20.2. The van der Waals surface area contributed by atoms with Gasteiger partial charge in [-0.05, 0) is 46.9 Å². The van der Waals surface area contributed by atoms with Crippen LogP contribution in [0.5, 0.6) is 11.6 Å². The fourth-order valence-electron chi connectivity index (χ4n) is 1.33. The van der Waals surface area contributed by atoms with E-state index in [0.29, 0.717) is 11.3 Å². The third-order valence-electron chi connectivity index (χ3n) is 2.17. The van der Waals surface area contributed by atoms with E-state index >= 15 is 0 Å². The second kappa shape index (κ2) is 5.42. The predicted octanol–water partition coefficient (Wildman–Crippen LogP) is 3.08. The summed E-state index contributed by atoms with van der Waals surface area (Å²) in [6, 6.07) is 8.85. The highest BCUT2D eigenvalue weighted by molar-refractivity contribution is 14.1. The van der Waals surface area contributed by atoms with Crippen molar-refractivity contribution in [2.45, 2.75) is 6.54 Å². The maximum atomic E-state index is 13.8. The molecule has 0 saturated carbocycles. The van der Waals surface area contributed by atoms with Crippen molar-refractivity contribution in [3.8, 4) is 11.6 Å². The van der Waals surface area contributed by atoms with Gasteiger partial charge >= 0.3 is 0 Å². The second-order valence-corrected chi connectivity index (χ2v) is 4.60. The summed E-state index contributed by atoms with van der Waals surface area (Å²) in [7, 11) is 0. The van der Waals surface area contributed by atoms with Crippen molar-refractivity contribution < 1.29 is 9.13 Å². The molecule has 0 aliphatic heterocycles. The van der Waals surface area contributed by atoms with E-state index in [4.69, 9.17) is 10.5 Å². The molecule has 17 heavy (non-hydrogen) atoms. The molecule has 0 unspecified atom stereocenters. The summed E-state index contributed by atoms with van der Waals surface area (Å²) in [5.41, 5.74) is 5.80. The highest BCUT2D eigenvalue weighted by atomic mass is 127. The number of pyridine rings is 1. The Bertz CT molecular complexity index is 534. The fourth-order valence-corrected chi connectivity index (χ4v) is 1.85. The van der Waals surface area contributed by atoms with Gasteiger partial charge in [-0.2, -0.15) is 0 Å². The average Bonchev–Trinajstić information content (AvgIpc) is 2.32. The number of hydrogen-bond acceptors (Lipinski definition) is 3. The summed E-state index contributed by atoms with van der Waals surface area (Å²) in [5, 5.41) is 0. The van der Waals surface area contributed by atoms with Crippen LogP contribution in [0.15, 0.2) is 36.5 Å². The van der Waals surface area contributed by atoms with Gasteiger partial charge in [0.1, 0.15) is 5.75 Å². The molecule has 1 heterocycles. The smallest absolute Gasteiger partial charge is 0.256 e. The minimum atomic E-state index is -0.506. The Balaban J connectivity index is 2.30. The van der Waals surface area contributed by atoms with Crippen molar-refractivity contribution in [2.75, 3.05) is 0 Å². The molecule has 0 saturated heterocycles. The van der Waals surface area contributed by atoms with Crippen LogP contribution < -0.4 is 10.5 Å². The van der Waals surface area contributed by atoms with Crippen molar-refractivity contribution in [3.05, 3.63) is 51.5 Å². The lowest BCUT2D eigenvalue weighted by Gasteiger charge is -2.07. The molecule has 5 heteroatoms. The second-order valence-electron chi connectivity index (χ2n) is 3.35. The Hall–Kier alpha value is -1.21. The average molecular weight is 344 g/mol. The highest BCUT2D eigenvalue weighted by Crippen LogP contribution is 2.24. The number of ether oxygens (including phenoxy) is 1. The summed E-state index contributed by atoms with van der Waals surface area (Å²) in [6.07, 6.45) is 1.48. The molecule has 88 valence electrons. The Morgan fingerprint density at radius 2 is 2.18 bits per heavy atom. The van der Waals surface area contributed by atoms with Crippen LogP contribution in [0, 0.1) is 9.39 Å². The molecule has 2 rings (SSSR count). The molecule has 1 aromatic carbocycles. The molecule has 0 atom stereocenters. The topological polar surface area (TPSA) is 48.1 Å². The van der Waals surface area contributed by atoms with E-state index in [1.54, 1.807) is 12.1 Å². The number of halogens is 2.